The molecule has 9 heteroatoms. The molecule has 0 amide bonds. The third kappa shape index (κ3) is 5.72. The van der Waals surface area contributed by atoms with Gasteiger partial charge in [0.2, 0.25) is 0 Å². The molecule has 0 aliphatic carbocycles. The zero-order valence-electron chi connectivity index (χ0n) is 13.6. The summed E-state index contributed by atoms with van der Waals surface area (Å²) in [4.78, 5) is 11.1. The molecule has 0 saturated heterocycles. The van der Waals surface area contributed by atoms with Crippen molar-refractivity contribution in [1.82, 2.24) is 0 Å². The fourth-order valence-electron chi connectivity index (χ4n) is 2.12. The van der Waals surface area contributed by atoms with Crippen molar-refractivity contribution < 1.29 is 13.3 Å². The molecule has 0 aliphatic heterocycles. The summed E-state index contributed by atoms with van der Waals surface area (Å²) in [7, 11) is -3.68. The summed E-state index contributed by atoms with van der Waals surface area (Å²) in [6.07, 6.45) is 0.963. The van der Waals surface area contributed by atoms with Crippen molar-refractivity contribution in [2.45, 2.75) is 22.0 Å². The van der Waals surface area contributed by atoms with Crippen LogP contribution in [0.4, 0.5) is 11.4 Å². The third-order valence-electron chi connectivity index (χ3n) is 3.30. The minimum atomic E-state index is -3.68. The summed E-state index contributed by atoms with van der Waals surface area (Å²) in [5.41, 5.74) is 0.125. The standard InChI is InChI=1S/C16H17BrN2O4S2/c1-11(24-14-6-3-12(17)4-7-14)10-18-13-5-8-15(19(20)21)16(9-13)25(2,22)23/h3-9,11,18H,10H2,1-2H3. The minimum Gasteiger partial charge on any atom is -0.384 e. The first-order valence-corrected chi connectivity index (χ1v) is 10.9. The molecule has 2 aromatic carbocycles. The van der Waals surface area contributed by atoms with Gasteiger partial charge >= 0.3 is 0 Å². The van der Waals surface area contributed by atoms with E-state index in [1.54, 1.807) is 11.8 Å². The van der Waals surface area contributed by atoms with E-state index in [0.29, 0.717) is 12.2 Å². The van der Waals surface area contributed by atoms with E-state index in [1.165, 1.54) is 18.2 Å². The van der Waals surface area contributed by atoms with Gasteiger partial charge in [-0.25, -0.2) is 8.42 Å². The first kappa shape index (κ1) is 19.7. The molecule has 0 fully saturated rings. The monoisotopic (exact) mass is 444 g/mol. The smallest absolute Gasteiger partial charge is 0.288 e. The highest BCUT2D eigenvalue weighted by molar-refractivity contribution is 9.10. The van der Waals surface area contributed by atoms with Crippen LogP contribution in [0.1, 0.15) is 6.92 Å². The molecular weight excluding hydrogens is 428 g/mol. The van der Waals surface area contributed by atoms with Gasteiger partial charge in [-0.15, -0.1) is 11.8 Å². The maximum atomic E-state index is 11.8. The molecule has 0 radical (unpaired) electrons. The van der Waals surface area contributed by atoms with Crippen LogP contribution in [-0.4, -0.2) is 31.4 Å². The van der Waals surface area contributed by atoms with Crippen LogP contribution in [0.3, 0.4) is 0 Å². The Bertz CT molecular complexity index is 870. The van der Waals surface area contributed by atoms with Crippen LogP contribution in [-0.2, 0) is 9.84 Å². The summed E-state index contributed by atoms with van der Waals surface area (Å²) in [5.74, 6) is 0. The molecule has 0 spiro atoms. The minimum absolute atomic E-state index is 0.220. The molecule has 0 heterocycles. The van der Waals surface area contributed by atoms with Crippen LogP contribution < -0.4 is 5.32 Å². The Morgan fingerprint density at radius 1 is 1.24 bits per heavy atom. The van der Waals surface area contributed by atoms with E-state index in [1.807, 2.05) is 31.2 Å². The molecule has 2 rings (SSSR count). The summed E-state index contributed by atoms with van der Waals surface area (Å²) in [6, 6.07) is 12.0. The van der Waals surface area contributed by atoms with E-state index < -0.39 is 20.4 Å². The normalized spacial score (nSPS) is 12.6. The van der Waals surface area contributed by atoms with Crippen LogP contribution in [0.5, 0.6) is 0 Å². The SMILES string of the molecule is CC(CNc1ccc([N+](=O)[O-])c(S(C)(=O)=O)c1)Sc1ccc(Br)cc1. The number of nitro groups is 1. The molecular formula is C16H17BrN2O4S2. The van der Waals surface area contributed by atoms with Crippen molar-refractivity contribution in [3.8, 4) is 0 Å². The van der Waals surface area contributed by atoms with Crippen molar-refractivity contribution in [3.05, 3.63) is 57.1 Å². The second-order valence-electron chi connectivity index (χ2n) is 5.48. The zero-order valence-corrected chi connectivity index (χ0v) is 16.8. The van der Waals surface area contributed by atoms with E-state index >= 15 is 0 Å². The average Bonchev–Trinajstić information content (AvgIpc) is 2.54. The van der Waals surface area contributed by atoms with E-state index in [0.717, 1.165) is 15.6 Å². The van der Waals surface area contributed by atoms with Crippen molar-refractivity contribution in [2.24, 2.45) is 0 Å². The Hall–Kier alpha value is -1.58. The number of sulfone groups is 1. The maximum Gasteiger partial charge on any atom is 0.288 e. The van der Waals surface area contributed by atoms with Crippen LogP contribution in [0.25, 0.3) is 0 Å². The molecule has 0 aliphatic rings. The van der Waals surface area contributed by atoms with Crippen molar-refractivity contribution in [2.75, 3.05) is 18.1 Å². The van der Waals surface area contributed by atoms with Crippen LogP contribution >= 0.6 is 27.7 Å². The van der Waals surface area contributed by atoms with E-state index in [2.05, 4.69) is 21.2 Å². The molecule has 2 aromatic rings. The molecule has 0 saturated carbocycles. The van der Waals surface area contributed by atoms with Gasteiger partial charge in [0.25, 0.3) is 5.69 Å². The lowest BCUT2D eigenvalue weighted by molar-refractivity contribution is -0.387. The molecule has 1 N–H and O–H groups in total. The van der Waals surface area contributed by atoms with Crippen molar-refractivity contribution in [1.29, 1.82) is 0 Å². The van der Waals surface area contributed by atoms with E-state index in [4.69, 9.17) is 0 Å². The molecule has 1 atom stereocenters. The number of thioether (sulfide) groups is 1. The quantitative estimate of drug-likeness (QED) is 0.387. The van der Waals surface area contributed by atoms with Gasteiger partial charge in [0.1, 0.15) is 4.90 Å². The summed E-state index contributed by atoms with van der Waals surface area (Å²) >= 11 is 5.07. The van der Waals surface area contributed by atoms with Crippen LogP contribution in [0.2, 0.25) is 0 Å². The van der Waals surface area contributed by atoms with Crippen LogP contribution in [0.15, 0.2) is 56.7 Å². The lowest BCUT2D eigenvalue weighted by atomic mass is 10.2. The van der Waals surface area contributed by atoms with Gasteiger partial charge in [-0.1, -0.05) is 22.9 Å². The van der Waals surface area contributed by atoms with Crippen LogP contribution in [0, 0.1) is 10.1 Å². The highest BCUT2D eigenvalue weighted by Gasteiger charge is 2.22. The van der Waals surface area contributed by atoms with E-state index in [9.17, 15) is 18.5 Å². The number of halogens is 1. The highest BCUT2D eigenvalue weighted by Crippen LogP contribution is 2.28. The number of rotatable bonds is 7. The molecule has 0 bridgehead atoms. The fraction of sp³-hybridized carbons (Fsp3) is 0.250. The van der Waals surface area contributed by atoms with Gasteiger partial charge in [0.15, 0.2) is 9.84 Å². The first-order chi connectivity index (χ1) is 11.7. The Labute approximate surface area is 159 Å². The Morgan fingerprint density at radius 2 is 1.88 bits per heavy atom. The van der Waals surface area contributed by atoms with Gasteiger partial charge in [0.05, 0.1) is 4.92 Å². The lowest BCUT2D eigenvalue weighted by Crippen LogP contribution is -2.13. The number of nitrogens with zero attached hydrogens (tertiary/aromatic N) is 1. The van der Waals surface area contributed by atoms with Crippen molar-refractivity contribution >= 4 is 48.9 Å². The molecule has 6 nitrogen and oxygen atoms in total. The topological polar surface area (TPSA) is 89.3 Å². The molecule has 0 aromatic heterocycles. The lowest BCUT2D eigenvalue weighted by Gasteiger charge is -2.14. The number of anilines is 1. The van der Waals surface area contributed by atoms with Gasteiger partial charge < -0.3 is 5.32 Å². The van der Waals surface area contributed by atoms with Gasteiger partial charge in [-0.3, -0.25) is 10.1 Å². The Morgan fingerprint density at radius 3 is 2.44 bits per heavy atom. The highest BCUT2D eigenvalue weighted by atomic mass is 79.9. The van der Waals surface area contributed by atoms with Crippen molar-refractivity contribution in [3.63, 3.8) is 0 Å². The summed E-state index contributed by atoms with van der Waals surface area (Å²) < 4.78 is 24.6. The van der Waals surface area contributed by atoms with Gasteiger partial charge in [0, 0.05) is 39.2 Å². The summed E-state index contributed by atoms with van der Waals surface area (Å²) in [5, 5.41) is 14.3. The average molecular weight is 445 g/mol. The number of hydrogen-bond donors (Lipinski definition) is 1. The molecule has 1 unspecified atom stereocenters. The second-order valence-corrected chi connectivity index (χ2v) is 9.89. The third-order valence-corrected chi connectivity index (χ3v) is 6.07. The van der Waals surface area contributed by atoms with Gasteiger partial charge in [-0.05, 0) is 36.4 Å². The number of hydrogen-bond acceptors (Lipinski definition) is 6. The predicted octanol–water partition coefficient (Wildman–Crippen LogP) is 4.35. The van der Waals surface area contributed by atoms with Gasteiger partial charge in [-0.2, -0.15) is 0 Å². The number of nitro benzene ring substituents is 1. The number of nitrogens with one attached hydrogen (secondary N) is 1. The summed E-state index contributed by atoms with van der Waals surface area (Å²) in [6.45, 7) is 2.63. The van der Waals surface area contributed by atoms with E-state index in [-0.39, 0.29) is 10.1 Å². The molecule has 25 heavy (non-hydrogen) atoms. The second kappa shape index (κ2) is 8.20. The number of benzene rings is 2. The zero-order chi connectivity index (χ0) is 18.6. The maximum absolute atomic E-state index is 11.8. The Kier molecular flexibility index (Phi) is 6.47. The predicted molar refractivity (Wildman–Crippen MR) is 104 cm³/mol. The first-order valence-electron chi connectivity index (χ1n) is 7.31. The largest absolute Gasteiger partial charge is 0.384 e. The fourth-order valence-corrected chi connectivity index (χ4v) is 4.17. The molecule has 134 valence electrons. The Balaban J connectivity index is 2.07.